The number of halogens is 1. The molecule has 0 aliphatic rings. The van der Waals surface area contributed by atoms with Gasteiger partial charge in [0.2, 0.25) is 0 Å². The molecule has 1 aromatic rings. The van der Waals surface area contributed by atoms with E-state index < -0.39 is 17.4 Å². The van der Waals surface area contributed by atoms with Crippen molar-refractivity contribution in [3.8, 4) is 0 Å². The molecule has 1 rings (SSSR count). The Morgan fingerprint density at radius 2 is 1.86 bits per heavy atom. The number of esters is 2. The Balaban J connectivity index is 2.96. The standard InChI is InChI=1S/C15H18ClNO4/c1-15(13(18)20-2,14(19)21-3)8-4-5-10-9-11(17)6-7-12(10)16/h4-7,9H,8,17H2,1-3H3. The van der Waals surface area contributed by atoms with Crippen molar-refractivity contribution in [1.29, 1.82) is 0 Å². The average molecular weight is 312 g/mol. The number of carbonyl (C=O) groups excluding carboxylic acids is 2. The van der Waals surface area contributed by atoms with E-state index in [1.807, 2.05) is 0 Å². The van der Waals surface area contributed by atoms with Crippen LogP contribution in [0.5, 0.6) is 0 Å². The van der Waals surface area contributed by atoms with Crippen LogP contribution < -0.4 is 5.73 Å². The maximum absolute atomic E-state index is 11.8. The van der Waals surface area contributed by atoms with Gasteiger partial charge >= 0.3 is 11.9 Å². The van der Waals surface area contributed by atoms with Gasteiger partial charge in [0, 0.05) is 10.7 Å². The van der Waals surface area contributed by atoms with Crippen molar-refractivity contribution in [3.05, 3.63) is 34.9 Å². The molecular weight excluding hydrogens is 294 g/mol. The van der Waals surface area contributed by atoms with Gasteiger partial charge in [0.05, 0.1) is 14.2 Å². The number of hydrogen-bond donors (Lipinski definition) is 1. The fourth-order valence-electron chi connectivity index (χ4n) is 1.81. The minimum Gasteiger partial charge on any atom is -0.468 e. The molecule has 2 N–H and O–H groups in total. The quantitative estimate of drug-likeness (QED) is 0.514. The van der Waals surface area contributed by atoms with E-state index in [0.29, 0.717) is 16.3 Å². The first kappa shape index (κ1) is 17.0. The largest absolute Gasteiger partial charge is 0.468 e. The van der Waals surface area contributed by atoms with Crippen LogP contribution >= 0.6 is 11.6 Å². The minimum atomic E-state index is -1.40. The Morgan fingerprint density at radius 1 is 1.29 bits per heavy atom. The highest BCUT2D eigenvalue weighted by molar-refractivity contribution is 6.32. The smallest absolute Gasteiger partial charge is 0.323 e. The van der Waals surface area contributed by atoms with E-state index in [2.05, 4.69) is 9.47 Å². The van der Waals surface area contributed by atoms with Crippen molar-refractivity contribution in [2.75, 3.05) is 20.0 Å². The summed E-state index contributed by atoms with van der Waals surface area (Å²) in [6.45, 7) is 1.47. The molecule has 6 heteroatoms. The first-order valence-electron chi connectivity index (χ1n) is 6.23. The number of allylic oxidation sites excluding steroid dienone is 1. The number of nitrogens with two attached hydrogens (primary N) is 1. The maximum Gasteiger partial charge on any atom is 0.323 e. The summed E-state index contributed by atoms with van der Waals surface area (Å²) in [4.78, 5) is 23.6. The molecule has 0 amide bonds. The van der Waals surface area contributed by atoms with Crippen molar-refractivity contribution in [3.63, 3.8) is 0 Å². The monoisotopic (exact) mass is 311 g/mol. The lowest BCUT2D eigenvalue weighted by Gasteiger charge is -2.21. The average Bonchev–Trinajstić information content (AvgIpc) is 2.48. The zero-order chi connectivity index (χ0) is 16.0. The number of ether oxygens (including phenoxy) is 2. The van der Waals surface area contributed by atoms with E-state index in [1.54, 1.807) is 30.4 Å². The third-order valence-corrected chi connectivity index (χ3v) is 3.46. The van der Waals surface area contributed by atoms with Crippen LogP contribution in [-0.2, 0) is 19.1 Å². The van der Waals surface area contributed by atoms with Gasteiger partial charge in [0.1, 0.15) is 0 Å². The molecule has 0 spiro atoms. The van der Waals surface area contributed by atoms with Crippen molar-refractivity contribution >= 4 is 35.3 Å². The van der Waals surface area contributed by atoms with Crippen molar-refractivity contribution in [2.45, 2.75) is 13.3 Å². The fourth-order valence-corrected chi connectivity index (χ4v) is 1.99. The van der Waals surface area contributed by atoms with Gasteiger partial charge in [-0.3, -0.25) is 9.59 Å². The van der Waals surface area contributed by atoms with Crippen LogP contribution in [0.3, 0.4) is 0 Å². The molecule has 0 saturated carbocycles. The van der Waals surface area contributed by atoms with Gasteiger partial charge in [-0.2, -0.15) is 0 Å². The van der Waals surface area contributed by atoms with Crippen LogP contribution in [0.15, 0.2) is 24.3 Å². The van der Waals surface area contributed by atoms with Gasteiger partial charge in [0.15, 0.2) is 5.41 Å². The van der Waals surface area contributed by atoms with Crippen molar-refractivity contribution < 1.29 is 19.1 Å². The second-order valence-corrected chi connectivity index (χ2v) is 5.11. The third kappa shape index (κ3) is 3.98. The van der Waals surface area contributed by atoms with Crippen LogP contribution in [0.4, 0.5) is 5.69 Å². The molecule has 1 aromatic carbocycles. The molecule has 0 fully saturated rings. The molecule has 0 aliphatic heterocycles. The number of rotatable bonds is 5. The van der Waals surface area contributed by atoms with E-state index in [9.17, 15) is 9.59 Å². The minimum absolute atomic E-state index is 0.122. The van der Waals surface area contributed by atoms with Crippen LogP contribution in [0, 0.1) is 5.41 Å². The number of benzene rings is 1. The second kappa shape index (κ2) is 7.13. The van der Waals surface area contributed by atoms with Gasteiger partial charge in [-0.25, -0.2) is 0 Å². The van der Waals surface area contributed by atoms with E-state index >= 15 is 0 Å². The predicted molar refractivity (Wildman–Crippen MR) is 81.7 cm³/mol. The first-order chi connectivity index (χ1) is 9.85. The van der Waals surface area contributed by atoms with Gasteiger partial charge < -0.3 is 15.2 Å². The summed E-state index contributed by atoms with van der Waals surface area (Å²) < 4.78 is 9.33. The molecule has 0 atom stereocenters. The summed E-state index contributed by atoms with van der Waals surface area (Å²) in [5, 5.41) is 0.526. The Labute approximate surface area is 128 Å². The maximum atomic E-state index is 11.8. The van der Waals surface area contributed by atoms with Crippen LogP contribution in [-0.4, -0.2) is 26.2 Å². The molecule has 0 radical (unpaired) electrons. The number of hydrogen-bond acceptors (Lipinski definition) is 5. The third-order valence-electron chi connectivity index (χ3n) is 3.12. The molecule has 0 saturated heterocycles. The zero-order valence-electron chi connectivity index (χ0n) is 12.2. The molecular formula is C15H18ClNO4. The highest BCUT2D eigenvalue weighted by Gasteiger charge is 2.42. The topological polar surface area (TPSA) is 78.6 Å². The van der Waals surface area contributed by atoms with E-state index in [4.69, 9.17) is 17.3 Å². The summed E-state index contributed by atoms with van der Waals surface area (Å²) in [7, 11) is 2.45. The number of carbonyl (C=O) groups is 2. The summed E-state index contributed by atoms with van der Waals surface area (Å²) in [5.41, 5.74) is 5.56. The molecule has 0 aromatic heterocycles. The lowest BCUT2D eigenvalue weighted by Crippen LogP contribution is -2.38. The fraction of sp³-hybridized carbons (Fsp3) is 0.333. The summed E-state index contributed by atoms with van der Waals surface area (Å²) in [6.07, 6.45) is 3.48. The lowest BCUT2D eigenvalue weighted by molar-refractivity contribution is -0.167. The van der Waals surface area contributed by atoms with E-state index in [0.717, 1.165) is 0 Å². The summed E-state index contributed by atoms with van der Waals surface area (Å²) >= 11 is 6.04. The highest BCUT2D eigenvalue weighted by atomic mass is 35.5. The van der Waals surface area contributed by atoms with Crippen LogP contribution in [0.25, 0.3) is 6.08 Å². The Morgan fingerprint density at radius 3 is 2.38 bits per heavy atom. The zero-order valence-corrected chi connectivity index (χ0v) is 12.9. The first-order valence-corrected chi connectivity index (χ1v) is 6.61. The normalized spacial score (nSPS) is 11.4. The van der Waals surface area contributed by atoms with Gasteiger partial charge in [-0.15, -0.1) is 0 Å². The lowest BCUT2D eigenvalue weighted by atomic mass is 9.86. The van der Waals surface area contributed by atoms with E-state index in [-0.39, 0.29) is 6.42 Å². The SMILES string of the molecule is COC(=O)C(C)(CC=Cc1cc(N)ccc1Cl)C(=O)OC. The molecule has 0 heterocycles. The molecule has 21 heavy (non-hydrogen) atoms. The molecule has 0 aliphatic carbocycles. The van der Waals surface area contributed by atoms with Crippen LogP contribution in [0.1, 0.15) is 18.9 Å². The number of nitrogen functional groups attached to an aromatic ring is 1. The van der Waals surface area contributed by atoms with E-state index in [1.165, 1.54) is 21.1 Å². The molecule has 0 bridgehead atoms. The second-order valence-electron chi connectivity index (χ2n) is 4.70. The van der Waals surface area contributed by atoms with Crippen molar-refractivity contribution in [1.82, 2.24) is 0 Å². The summed E-state index contributed by atoms with van der Waals surface area (Å²) in [6, 6.07) is 5.06. The summed E-state index contributed by atoms with van der Waals surface area (Å²) in [5.74, 6) is -1.31. The Hall–Kier alpha value is -2.01. The van der Waals surface area contributed by atoms with Crippen LogP contribution in [0.2, 0.25) is 5.02 Å². The predicted octanol–water partition coefficient (Wildman–Crippen LogP) is 2.68. The Kier molecular flexibility index (Phi) is 5.79. The molecule has 5 nitrogen and oxygen atoms in total. The van der Waals surface area contributed by atoms with Gasteiger partial charge in [-0.1, -0.05) is 23.8 Å². The molecule has 0 unspecified atom stereocenters. The molecule has 114 valence electrons. The number of anilines is 1. The number of methoxy groups -OCH3 is 2. The van der Waals surface area contributed by atoms with Gasteiger partial charge in [-0.05, 0) is 37.1 Å². The Bertz CT molecular complexity index is 553. The van der Waals surface area contributed by atoms with Crippen molar-refractivity contribution in [2.24, 2.45) is 5.41 Å². The van der Waals surface area contributed by atoms with Gasteiger partial charge in [0.25, 0.3) is 0 Å². The highest BCUT2D eigenvalue weighted by Crippen LogP contribution is 2.27.